The zero-order valence-corrected chi connectivity index (χ0v) is 9.73. The Hall–Kier alpha value is -1.45. The summed E-state index contributed by atoms with van der Waals surface area (Å²) in [5.74, 6) is -0.451. The summed E-state index contributed by atoms with van der Waals surface area (Å²) >= 11 is 5.73. The topological polar surface area (TPSA) is 33.1 Å². The van der Waals surface area contributed by atoms with Crippen molar-refractivity contribution in [3.05, 3.63) is 64.7 Å². The third-order valence-corrected chi connectivity index (χ3v) is 2.62. The van der Waals surface area contributed by atoms with Crippen molar-refractivity contribution in [3.63, 3.8) is 0 Å². The van der Waals surface area contributed by atoms with E-state index in [2.05, 4.69) is 4.98 Å². The van der Waals surface area contributed by atoms with E-state index in [1.54, 1.807) is 18.3 Å². The molecule has 0 saturated carbocycles. The zero-order chi connectivity index (χ0) is 12.3. The van der Waals surface area contributed by atoms with Crippen molar-refractivity contribution in [2.45, 2.75) is 12.5 Å². The Morgan fingerprint density at radius 2 is 2.12 bits per heavy atom. The molecule has 1 N–H and O–H groups in total. The second-order valence-corrected chi connectivity index (χ2v) is 4.18. The van der Waals surface area contributed by atoms with Crippen molar-refractivity contribution < 1.29 is 9.50 Å². The fourth-order valence-electron chi connectivity index (χ4n) is 1.60. The largest absolute Gasteiger partial charge is 0.388 e. The van der Waals surface area contributed by atoms with Gasteiger partial charge in [0.15, 0.2) is 0 Å². The van der Waals surface area contributed by atoms with Gasteiger partial charge in [-0.05, 0) is 35.9 Å². The number of pyridine rings is 1. The molecule has 2 rings (SSSR count). The molecule has 0 spiro atoms. The van der Waals surface area contributed by atoms with E-state index < -0.39 is 11.9 Å². The summed E-state index contributed by atoms with van der Waals surface area (Å²) in [6.07, 6.45) is 1.18. The Balaban J connectivity index is 2.17. The summed E-state index contributed by atoms with van der Waals surface area (Å²) in [5, 5.41) is 10.2. The molecule has 4 heteroatoms. The maximum absolute atomic E-state index is 13.1. The predicted molar refractivity (Wildman–Crippen MR) is 64.3 cm³/mol. The highest BCUT2D eigenvalue weighted by atomic mass is 35.5. The van der Waals surface area contributed by atoms with E-state index >= 15 is 0 Å². The Kier molecular flexibility index (Phi) is 3.71. The van der Waals surface area contributed by atoms with Gasteiger partial charge < -0.3 is 5.11 Å². The van der Waals surface area contributed by atoms with Crippen molar-refractivity contribution >= 4 is 11.6 Å². The average molecular weight is 252 g/mol. The minimum absolute atomic E-state index is 0.278. The average Bonchev–Trinajstić information content (AvgIpc) is 2.29. The summed E-state index contributed by atoms with van der Waals surface area (Å²) in [6, 6.07) is 9.49. The van der Waals surface area contributed by atoms with Gasteiger partial charge in [-0.15, -0.1) is 0 Å². The molecule has 17 heavy (non-hydrogen) atoms. The van der Waals surface area contributed by atoms with Crippen molar-refractivity contribution in [3.8, 4) is 0 Å². The van der Waals surface area contributed by atoms with Crippen LogP contribution in [0.4, 0.5) is 4.39 Å². The first-order valence-corrected chi connectivity index (χ1v) is 5.57. The molecule has 88 valence electrons. The molecule has 0 fully saturated rings. The fourth-order valence-corrected chi connectivity index (χ4v) is 1.83. The van der Waals surface area contributed by atoms with Crippen LogP contribution in [0.2, 0.25) is 5.02 Å². The van der Waals surface area contributed by atoms with E-state index in [1.807, 2.05) is 12.1 Å². The molecule has 0 aliphatic carbocycles. The molecule has 1 aromatic heterocycles. The van der Waals surface area contributed by atoms with Gasteiger partial charge in [-0.3, -0.25) is 4.98 Å². The fraction of sp³-hybridized carbons (Fsp3) is 0.154. The van der Waals surface area contributed by atoms with Gasteiger partial charge in [0.2, 0.25) is 0 Å². The number of aliphatic hydroxyl groups is 1. The zero-order valence-electron chi connectivity index (χ0n) is 8.98. The number of aromatic nitrogens is 1. The van der Waals surface area contributed by atoms with Gasteiger partial charge in [-0.1, -0.05) is 17.7 Å². The Morgan fingerprint density at radius 3 is 2.76 bits per heavy atom. The molecular weight excluding hydrogens is 241 g/mol. The van der Waals surface area contributed by atoms with Crippen LogP contribution < -0.4 is 0 Å². The van der Waals surface area contributed by atoms with Crippen LogP contribution in [0, 0.1) is 5.82 Å². The second kappa shape index (κ2) is 5.25. The molecule has 0 bridgehead atoms. The maximum atomic E-state index is 13.1. The van der Waals surface area contributed by atoms with Crippen LogP contribution in [-0.2, 0) is 6.42 Å². The standard InChI is InChI=1S/C13H11ClFNO/c14-10-5-9(6-11(15)7-10)13(17)8-12-3-1-2-4-16-12/h1-7,13,17H,8H2. The highest BCUT2D eigenvalue weighted by Gasteiger charge is 2.11. The van der Waals surface area contributed by atoms with Gasteiger partial charge >= 0.3 is 0 Å². The molecule has 0 radical (unpaired) electrons. The first kappa shape index (κ1) is 12.0. The normalized spacial score (nSPS) is 12.4. The third kappa shape index (κ3) is 3.25. The molecule has 1 atom stereocenters. The van der Waals surface area contributed by atoms with Crippen LogP contribution in [0.5, 0.6) is 0 Å². The smallest absolute Gasteiger partial charge is 0.125 e. The molecule has 2 aromatic rings. The van der Waals surface area contributed by atoms with Gasteiger partial charge in [0.1, 0.15) is 5.82 Å². The number of benzene rings is 1. The lowest BCUT2D eigenvalue weighted by Gasteiger charge is -2.11. The highest BCUT2D eigenvalue weighted by molar-refractivity contribution is 6.30. The van der Waals surface area contributed by atoms with Crippen molar-refractivity contribution in [2.75, 3.05) is 0 Å². The number of hydrogen-bond acceptors (Lipinski definition) is 2. The second-order valence-electron chi connectivity index (χ2n) is 3.74. The van der Waals surface area contributed by atoms with Crippen LogP contribution >= 0.6 is 11.6 Å². The van der Waals surface area contributed by atoms with Crippen LogP contribution in [-0.4, -0.2) is 10.1 Å². The Labute approximate surface area is 104 Å². The number of halogens is 2. The number of nitrogens with zero attached hydrogens (tertiary/aromatic N) is 1. The van der Waals surface area contributed by atoms with Crippen LogP contribution in [0.15, 0.2) is 42.6 Å². The molecule has 0 amide bonds. The highest BCUT2D eigenvalue weighted by Crippen LogP contribution is 2.22. The molecule has 2 nitrogen and oxygen atoms in total. The quantitative estimate of drug-likeness (QED) is 0.909. The SMILES string of the molecule is OC(Cc1ccccn1)c1cc(F)cc(Cl)c1. The number of rotatable bonds is 3. The van der Waals surface area contributed by atoms with Crippen molar-refractivity contribution in [1.29, 1.82) is 0 Å². The molecule has 1 aromatic carbocycles. The van der Waals surface area contributed by atoms with Crippen LogP contribution in [0.1, 0.15) is 17.4 Å². The Bertz CT molecular complexity index is 484. The van der Waals surface area contributed by atoms with E-state index in [-0.39, 0.29) is 5.02 Å². The van der Waals surface area contributed by atoms with E-state index in [0.717, 1.165) is 5.69 Å². The molecule has 0 saturated heterocycles. The lowest BCUT2D eigenvalue weighted by atomic mass is 10.0. The van der Waals surface area contributed by atoms with Gasteiger partial charge in [0, 0.05) is 23.3 Å². The minimum Gasteiger partial charge on any atom is -0.388 e. The summed E-state index contributed by atoms with van der Waals surface area (Å²) in [7, 11) is 0. The lowest BCUT2D eigenvalue weighted by Crippen LogP contribution is -2.03. The summed E-state index contributed by atoms with van der Waals surface area (Å²) in [6.45, 7) is 0. The van der Waals surface area contributed by atoms with Crippen molar-refractivity contribution in [1.82, 2.24) is 4.98 Å². The van der Waals surface area contributed by atoms with Gasteiger partial charge in [0.05, 0.1) is 6.10 Å². The van der Waals surface area contributed by atoms with Crippen LogP contribution in [0.25, 0.3) is 0 Å². The summed E-state index contributed by atoms with van der Waals surface area (Å²) in [4.78, 5) is 4.10. The Morgan fingerprint density at radius 1 is 1.29 bits per heavy atom. The van der Waals surface area contributed by atoms with E-state index in [9.17, 15) is 9.50 Å². The maximum Gasteiger partial charge on any atom is 0.125 e. The minimum atomic E-state index is -0.807. The third-order valence-electron chi connectivity index (χ3n) is 2.40. The van der Waals surface area contributed by atoms with Gasteiger partial charge in [-0.25, -0.2) is 4.39 Å². The van der Waals surface area contributed by atoms with Gasteiger partial charge in [-0.2, -0.15) is 0 Å². The molecule has 0 aliphatic heterocycles. The summed E-state index contributed by atoms with van der Waals surface area (Å²) in [5.41, 5.74) is 1.21. The molecule has 1 heterocycles. The van der Waals surface area contributed by atoms with Gasteiger partial charge in [0.25, 0.3) is 0 Å². The van der Waals surface area contributed by atoms with Crippen LogP contribution in [0.3, 0.4) is 0 Å². The molecular formula is C13H11ClFNO. The van der Waals surface area contributed by atoms with E-state index in [0.29, 0.717) is 12.0 Å². The summed E-state index contributed by atoms with van der Waals surface area (Å²) < 4.78 is 13.1. The van der Waals surface area contributed by atoms with Crippen molar-refractivity contribution in [2.24, 2.45) is 0 Å². The molecule has 0 aliphatic rings. The van der Waals surface area contributed by atoms with E-state index in [1.165, 1.54) is 12.1 Å². The van der Waals surface area contributed by atoms with E-state index in [4.69, 9.17) is 11.6 Å². The number of hydrogen-bond donors (Lipinski definition) is 1. The lowest BCUT2D eigenvalue weighted by molar-refractivity contribution is 0.177. The monoisotopic (exact) mass is 251 g/mol. The molecule has 1 unspecified atom stereocenters. The predicted octanol–water partition coefficient (Wildman–Crippen LogP) is 3.15. The number of aliphatic hydroxyl groups excluding tert-OH is 1. The first-order valence-electron chi connectivity index (χ1n) is 5.19. The first-order chi connectivity index (χ1) is 8.15.